The number of halogens is 1. The van der Waals surface area contributed by atoms with Crippen molar-refractivity contribution in [3.05, 3.63) is 77.1 Å². The largest absolute Gasteiger partial charge is 0.454 e. The summed E-state index contributed by atoms with van der Waals surface area (Å²) < 4.78 is 24.9. The Balaban J connectivity index is 1.42. The van der Waals surface area contributed by atoms with Gasteiger partial charge >= 0.3 is 0 Å². The minimum absolute atomic E-state index is 0.00487. The summed E-state index contributed by atoms with van der Waals surface area (Å²) in [5, 5.41) is 12.0. The smallest absolute Gasteiger partial charge is 0.235 e. The molecule has 1 fully saturated rings. The van der Waals surface area contributed by atoms with E-state index >= 15 is 0 Å². The number of aryl methyl sites for hydroxylation is 1. The van der Waals surface area contributed by atoms with Crippen LogP contribution in [-0.2, 0) is 10.2 Å². The molecule has 3 aromatic carbocycles. The molecule has 0 aromatic heterocycles. The lowest BCUT2D eigenvalue weighted by molar-refractivity contribution is -0.118. The number of hydrogen-bond donors (Lipinski definition) is 1. The number of carbonyl (C=O) groups is 1. The molecular weight excluding hydrogens is 395 g/mol. The number of nitriles is 1. The normalized spacial score (nSPS) is 15.3. The molecule has 5 rings (SSSR count). The highest BCUT2D eigenvalue weighted by atomic mass is 19.1. The predicted molar refractivity (Wildman–Crippen MR) is 113 cm³/mol. The molecule has 0 spiro atoms. The van der Waals surface area contributed by atoms with Crippen LogP contribution in [0.5, 0.6) is 11.5 Å². The van der Waals surface area contributed by atoms with E-state index in [-0.39, 0.29) is 18.3 Å². The Hall–Kier alpha value is -3.85. The van der Waals surface area contributed by atoms with Gasteiger partial charge in [-0.15, -0.1) is 0 Å². The second-order valence-corrected chi connectivity index (χ2v) is 7.94. The Morgan fingerprint density at radius 2 is 1.87 bits per heavy atom. The zero-order valence-electron chi connectivity index (χ0n) is 16.9. The Morgan fingerprint density at radius 1 is 1.06 bits per heavy atom. The molecule has 0 saturated heterocycles. The standard InChI is InChI=1S/C25H19FN2O3/c1-15-2-6-19(12-20(15)16-3-4-17(13-27)21(26)10-16)28-24(29)25(8-9-25)18-5-7-22-23(11-18)31-14-30-22/h2-7,10-12H,8-9,14H2,1H3,(H,28,29). The van der Waals surface area contributed by atoms with Gasteiger partial charge in [0.05, 0.1) is 11.0 Å². The molecule has 6 heteroatoms. The number of fused-ring (bicyclic) bond motifs is 1. The van der Waals surface area contributed by atoms with Gasteiger partial charge in [0.1, 0.15) is 11.9 Å². The molecule has 2 aliphatic rings. The third-order valence-electron chi connectivity index (χ3n) is 6.01. The lowest BCUT2D eigenvalue weighted by Gasteiger charge is -2.17. The van der Waals surface area contributed by atoms with Crippen molar-refractivity contribution in [1.29, 1.82) is 5.26 Å². The molecule has 1 aliphatic carbocycles. The number of nitrogens with one attached hydrogen (secondary N) is 1. The zero-order chi connectivity index (χ0) is 21.6. The quantitative estimate of drug-likeness (QED) is 0.647. The number of carbonyl (C=O) groups excluding carboxylic acids is 1. The molecule has 31 heavy (non-hydrogen) atoms. The molecule has 1 N–H and O–H groups in total. The van der Waals surface area contributed by atoms with E-state index in [9.17, 15) is 9.18 Å². The Bertz CT molecular complexity index is 1260. The monoisotopic (exact) mass is 414 g/mol. The minimum atomic E-state index is -0.577. The van der Waals surface area contributed by atoms with Crippen LogP contribution in [0.3, 0.4) is 0 Å². The summed E-state index contributed by atoms with van der Waals surface area (Å²) in [6.07, 6.45) is 1.52. The summed E-state index contributed by atoms with van der Waals surface area (Å²) in [6, 6.07) is 17.6. The van der Waals surface area contributed by atoms with E-state index in [0.717, 1.165) is 29.5 Å². The van der Waals surface area contributed by atoms with Gasteiger partial charge in [-0.2, -0.15) is 5.26 Å². The number of nitrogens with zero attached hydrogens (tertiary/aromatic N) is 1. The molecule has 1 amide bonds. The van der Waals surface area contributed by atoms with E-state index in [2.05, 4.69) is 5.32 Å². The Labute approximate surface area is 179 Å². The summed E-state index contributed by atoms with van der Waals surface area (Å²) in [5.74, 6) is 0.718. The van der Waals surface area contributed by atoms with Crippen LogP contribution in [0.4, 0.5) is 10.1 Å². The van der Waals surface area contributed by atoms with E-state index in [1.165, 1.54) is 12.1 Å². The second-order valence-electron chi connectivity index (χ2n) is 7.94. The van der Waals surface area contributed by atoms with Crippen LogP contribution >= 0.6 is 0 Å². The highest BCUT2D eigenvalue weighted by Crippen LogP contribution is 2.51. The van der Waals surface area contributed by atoms with Crippen LogP contribution in [0.2, 0.25) is 0 Å². The first-order chi connectivity index (χ1) is 15.0. The summed E-state index contributed by atoms with van der Waals surface area (Å²) in [7, 11) is 0. The van der Waals surface area contributed by atoms with Gasteiger partial charge in [-0.1, -0.05) is 18.2 Å². The van der Waals surface area contributed by atoms with Crippen LogP contribution in [0.1, 0.15) is 29.5 Å². The van der Waals surface area contributed by atoms with Crippen molar-refractivity contribution < 1.29 is 18.7 Å². The predicted octanol–water partition coefficient (Wildman–Crippen LogP) is 5.07. The van der Waals surface area contributed by atoms with Gasteiger partial charge in [-0.25, -0.2) is 4.39 Å². The van der Waals surface area contributed by atoms with Crippen molar-refractivity contribution >= 4 is 11.6 Å². The number of rotatable bonds is 4. The highest BCUT2D eigenvalue weighted by Gasteiger charge is 2.51. The number of hydrogen-bond acceptors (Lipinski definition) is 4. The molecule has 1 heterocycles. The molecule has 0 radical (unpaired) electrons. The fourth-order valence-corrected chi connectivity index (χ4v) is 4.00. The molecule has 0 atom stereocenters. The zero-order valence-corrected chi connectivity index (χ0v) is 16.9. The van der Waals surface area contributed by atoms with Crippen LogP contribution in [0, 0.1) is 24.1 Å². The minimum Gasteiger partial charge on any atom is -0.454 e. The van der Waals surface area contributed by atoms with Gasteiger partial charge in [-0.05, 0) is 78.4 Å². The number of benzene rings is 3. The maximum absolute atomic E-state index is 14.1. The third-order valence-corrected chi connectivity index (χ3v) is 6.01. The van der Waals surface area contributed by atoms with E-state index in [0.29, 0.717) is 22.7 Å². The van der Waals surface area contributed by atoms with Crippen molar-refractivity contribution in [1.82, 2.24) is 0 Å². The fraction of sp³-hybridized carbons (Fsp3) is 0.200. The average Bonchev–Trinajstić information content (AvgIpc) is 3.46. The molecule has 154 valence electrons. The molecule has 3 aromatic rings. The lowest BCUT2D eigenvalue weighted by atomic mass is 9.94. The summed E-state index contributed by atoms with van der Waals surface area (Å²) in [5.41, 5.74) is 3.38. The molecule has 1 saturated carbocycles. The second kappa shape index (κ2) is 7.13. The van der Waals surface area contributed by atoms with Crippen LogP contribution in [0.25, 0.3) is 11.1 Å². The Morgan fingerprint density at radius 3 is 2.61 bits per heavy atom. The molecule has 5 nitrogen and oxygen atoms in total. The molecular formula is C25H19FN2O3. The first-order valence-corrected chi connectivity index (χ1v) is 10.0. The first-order valence-electron chi connectivity index (χ1n) is 10.0. The summed E-state index contributed by atoms with van der Waals surface area (Å²) in [6.45, 7) is 2.12. The number of anilines is 1. The summed E-state index contributed by atoms with van der Waals surface area (Å²) in [4.78, 5) is 13.2. The van der Waals surface area contributed by atoms with Crippen molar-refractivity contribution in [2.75, 3.05) is 12.1 Å². The summed E-state index contributed by atoms with van der Waals surface area (Å²) >= 11 is 0. The van der Waals surface area contributed by atoms with E-state index < -0.39 is 11.2 Å². The van der Waals surface area contributed by atoms with Crippen molar-refractivity contribution in [3.8, 4) is 28.7 Å². The van der Waals surface area contributed by atoms with Crippen molar-refractivity contribution in [2.24, 2.45) is 0 Å². The van der Waals surface area contributed by atoms with Crippen LogP contribution < -0.4 is 14.8 Å². The van der Waals surface area contributed by atoms with Gasteiger partial charge in [0.2, 0.25) is 12.7 Å². The van der Waals surface area contributed by atoms with E-state index in [1.54, 1.807) is 6.07 Å². The van der Waals surface area contributed by atoms with Crippen molar-refractivity contribution in [3.63, 3.8) is 0 Å². The Kier molecular flexibility index (Phi) is 4.40. The van der Waals surface area contributed by atoms with Crippen LogP contribution in [0.15, 0.2) is 54.6 Å². The maximum Gasteiger partial charge on any atom is 0.235 e. The van der Waals surface area contributed by atoms with E-state index in [4.69, 9.17) is 14.7 Å². The van der Waals surface area contributed by atoms with Gasteiger partial charge in [-0.3, -0.25) is 4.79 Å². The fourth-order valence-electron chi connectivity index (χ4n) is 4.00. The molecule has 0 bridgehead atoms. The van der Waals surface area contributed by atoms with Gasteiger partial charge in [0.15, 0.2) is 11.5 Å². The number of amides is 1. The number of ether oxygens (including phenoxy) is 2. The SMILES string of the molecule is Cc1ccc(NC(=O)C2(c3ccc4c(c3)OCO4)CC2)cc1-c1ccc(C#N)c(F)c1. The van der Waals surface area contributed by atoms with Gasteiger partial charge < -0.3 is 14.8 Å². The maximum atomic E-state index is 14.1. The van der Waals surface area contributed by atoms with E-state index in [1.807, 2.05) is 49.4 Å². The molecule has 1 aliphatic heterocycles. The first kappa shape index (κ1) is 19.1. The molecule has 0 unspecified atom stereocenters. The third kappa shape index (κ3) is 3.28. The van der Waals surface area contributed by atoms with Gasteiger partial charge in [0.25, 0.3) is 0 Å². The van der Waals surface area contributed by atoms with Crippen molar-refractivity contribution in [2.45, 2.75) is 25.2 Å². The van der Waals surface area contributed by atoms with Gasteiger partial charge in [0, 0.05) is 5.69 Å². The van der Waals surface area contributed by atoms with Crippen LogP contribution in [-0.4, -0.2) is 12.7 Å². The lowest BCUT2D eigenvalue weighted by Crippen LogP contribution is -2.27. The topological polar surface area (TPSA) is 71.3 Å². The highest BCUT2D eigenvalue weighted by molar-refractivity contribution is 6.02. The average molecular weight is 414 g/mol.